The first-order chi connectivity index (χ1) is 7.77. The van der Waals surface area contributed by atoms with E-state index in [1.54, 1.807) is 0 Å². The van der Waals surface area contributed by atoms with Crippen LogP contribution in [0.5, 0.6) is 0 Å². The van der Waals surface area contributed by atoms with E-state index in [1.807, 2.05) is 24.3 Å². The molecule has 0 bridgehead atoms. The number of aryl methyl sites for hydroxylation is 1. The number of carbonyl (C=O) groups is 1. The zero-order chi connectivity index (χ0) is 11.8. The van der Waals surface area contributed by atoms with Crippen LogP contribution in [-0.2, 0) is 6.42 Å². The number of nitrogens with one attached hydrogen (secondary N) is 1. The van der Waals surface area contributed by atoms with E-state index in [4.69, 9.17) is 5.11 Å². The van der Waals surface area contributed by atoms with Crippen molar-refractivity contribution in [1.29, 1.82) is 0 Å². The van der Waals surface area contributed by atoms with Gasteiger partial charge >= 0.3 is 0 Å². The Morgan fingerprint density at radius 3 is 2.56 bits per heavy atom. The molecule has 0 aliphatic rings. The number of hydrogen-bond acceptors (Lipinski definition) is 2. The van der Waals surface area contributed by atoms with Gasteiger partial charge in [-0.05, 0) is 30.5 Å². The number of amides is 1. The van der Waals surface area contributed by atoms with Crippen molar-refractivity contribution >= 4 is 5.91 Å². The van der Waals surface area contributed by atoms with Crippen molar-refractivity contribution in [2.45, 2.75) is 26.2 Å². The highest BCUT2D eigenvalue weighted by molar-refractivity contribution is 5.94. The molecule has 0 saturated carbocycles. The largest absolute Gasteiger partial charge is 0.395 e. The second-order valence-corrected chi connectivity index (χ2v) is 3.78. The lowest BCUT2D eigenvalue weighted by Crippen LogP contribution is -2.26. The molecule has 0 heterocycles. The smallest absolute Gasteiger partial charge is 0.251 e. The molecule has 0 spiro atoms. The number of benzene rings is 1. The van der Waals surface area contributed by atoms with Crippen molar-refractivity contribution in [2.75, 3.05) is 13.2 Å². The van der Waals surface area contributed by atoms with Crippen LogP contribution < -0.4 is 5.32 Å². The molecular weight excluding hydrogens is 202 g/mol. The Labute approximate surface area is 96.5 Å². The number of aliphatic hydroxyl groups excluding tert-OH is 1. The molecule has 0 radical (unpaired) electrons. The van der Waals surface area contributed by atoms with E-state index in [1.165, 1.54) is 18.4 Å². The Morgan fingerprint density at radius 1 is 1.31 bits per heavy atom. The lowest BCUT2D eigenvalue weighted by atomic mass is 10.1. The maximum Gasteiger partial charge on any atom is 0.251 e. The Bertz CT molecular complexity index is 319. The minimum Gasteiger partial charge on any atom is -0.395 e. The fourth-order valence-corrected chi connectivity index (χ4v) is 1.48. The van der Waals surface area contributed by atoms with Crippen LogP contribution in [0.15, 0.2) is 24.3 Å². The molecule has 0 aliphatic heterocycles. The van der Waals surface area contributed by atoms with Gasteiger partial charge in [0.2, 0.25) is 0 Å². The Hall–Kier alpha value is -1.35. The summed E-state index contributed by atoms with van der Waals surface area (Å²) in [5, 5.41) is 11.2. The maximum atomic E-state index is 11.5. The summed E-state index contributed by atoms with van der Waals surface area (Å²) in [6, 6.07) is 7.64. The minimum atomic E-state index is -0.129. The molecule has 0 unspecified atom stereocenters. The summed E-state index contributed by atoms with van der Waals surface area (Å²) >= 11 is 0. The predicted molar refractivity (Wildman–Crippen MR) is 64.5 cm³/mol. The van der Waals surface area contributed by atoms with E-state index in [-0.39, 0.29) is 12.5 Å². The third kappa shape index (κ3) is 4.03. The van der Waals surface area contributed by atoms with Gasteiger partial charge < -0.3 is 10.4 Å². The van der Waals surface area contributed by atoms with Gasteiger partial charge in [-0.15, -0.1) is 0 Å². The summed E-state index contributed by atoms with van der Waals surface area (Å²) in [6.07, 6.45) is 3.42. The molecule has 1 aromatic rings. The molecule has 0 aliphatic carbocycles. The van der Waals surface area contributed by atoms with Crippen LogP contribution in [0.3, 0.4) is 0 Å². The quantitative estimate of drug-likeness (QED) is 0.769. The zero-order valence-electron chi connectivity index (χ0n) is 9.70. The summed E-state index contributed by atoms with van der Waals surface area (Å²) in [7, 11) is 0. The third-order valence-electron chi connectivity index (χ3n) is 2.43. The zero-order valence-corrected chi connectivity index (χ0v) is 9.70. The minimum absolute atomic E-state index is 0.0275. The lowest BCUT2D eigenvalue weighted by Gasteiger charge is -2.04. The fraction of sp³-hybridized carbons (Fsp3) is 0.462. The molecule has 1 amide bonds. The van der Waals surface area contributed by atoms with E-state index in [2.05, 4.69) is 12.2 Å². The Morgan fingerprint density at radius 2 is 2.00 bits per heavy atom. The molecule has 0 aromatic heterocycles. The highest BCUT2D eigenvalue weighted by atomic mass is 16.3. The first-order valence-corrected chi connectivity index (χ1v) is 5.76. The lowest BCUT2D eigenvalue weighted by molar-refractivity contribution is 0.0945. The summed E-state index contributed by atoms with van der Waals surface area (Å²) in [5.74, 6) is -0.129. The highest BCUT2D eigenvalue weighted by Crippen LogP contribution is 2.07. The second-order valence-electron chi connectivity index (χ2n) is 3.78. The number of carbonyl (C=O) groups excluding carboxylic acids is 1. The molecule has 1 aromatic carbocycles. The SMILES string of the molecule is CCCCc1ccc(C(=O)NCCO)cc1. The molecule has 0 fully saturated rings. The standard InChI is InChI=1S/C13H19NO2/c1-2-3-4-11-5-7-12(8-6-11)13(16)14-9-10-15/h5-8,15H,2-4,9-10H2,1H3,(H,14,16). The van der Waals surface area contributed by atoms with Crippen LogP contribution in [-0.4, -0.2) is 24.2 Å². The number of aliphatic hydroxyl groups is 1. The van der Waals surface area contributed by atoms with Gasteiger partial charge in [0.05, 0.1) is 6.61 Å². The van der Waals surface area contributed by atoms with Gasteiger partial charge in [0.25, 0.3) is 5.91 Å². The molecule has 0 saturated heterocycles. The van der Waals surface area contributed by atoms with Crippen molar-refractivity contribution in [3.8, 4) is 0 Å². The van der Waals surface area contributed by atoms with Gasteiger partial charge in [-0.1, -0.05) is 25.5 Å². The van der Waals surface area contributed by atoms with Crippen LogP contribution in [0.4, 0.5) is 0 Å². The van der Waals surface area contributed by atoms with Gasteiger partial charge in [0.15, 0.2) is 0 Å². The normalized spacial score (nSPS) is 10.1. The Balaban J connectivity index is 2.53. The molecule has 3 nitrogen and oxygen atoms in total. The van der Waals surface area contributed by atoms with Crippen molar-refractivity contribution in [3.63, 3.8) is 0 Å². The number of rotatable bonds is 6. The van der Waals surface area contributed by atoms with Crippen molar-refractivity contribution in [2.24, 2.45) is 0 Å². The summed E-state index contributed by atoms with van der Waals surface area (Å²) < 4.78 is 0. The summed E-state index contributed by atoms with van der Waals surface area (Å²) in [5.41, 5.74) is 1.91. The molecule has 88 valence electrons. The van der Waals surface area contributed by atoms with Crippen LogP contribution in [0.25, 0.3) is 0 Å². The van der Waals surface area contributed by atoms with Crippen molar-refractivity contribution in [3.05, 3.63) is 35.4 Å². The predicted octanol–water partition coefficient (Wildman–Crippen LogP) is 1.75. The van der Waals surface area contributed by atoms with E-state index in [0.717, 1.165) is 6.42 Å². The highest BCUT2D eigenvalue weighted by Gasteiger charge is 2.03. The van der Waals surface area contributed by atoms with Crippen LogP contribution in [0.1, 0.15) is 35.7 Å². The number of unbranched alkanes of at least 4 members (excludes halogenated alkanes) is 1. The molecule has 16 heavy (non-hydrogen) atoms. The molecule has 3 heteroatoms. The average molecular weight is 221 g/mol. The molecular formula is C13H19NO2. The first-order valence-electron chi connectivity index (χ1n) is 5.76. The van der Waals surface area contributed by atoms with Crippen LogP contribution in [0.2, 0.25) is 0 Å². The monoisotopic (exact) mass is 221 g/mol. The van der Waals surface area contributed by atoms with E-state index < -0.39 is 0 Å². The first kappa shape index (κ1) is 12.7. The van der Waals surface area contributed by atoms with Crippen molar-refractivity contribution in [1.82, 2.24) is 5.32 Å². The maximum absolute atomic E-state index is 11.5. The van der Waals surface area contributed by atoms with Gasteiger partial charge in [0.1, 0.15) is 0 Å². The number of hydrogen-bond donors (Lipinski definition) is 2. The summed E-state index contributed by atoms with van der Waals surface area (Å²) in [4.78, 5) is 11.5. The Kier molecular flexibility index (Phi) is 5.57. The van der Waals surface area contributed by atoms with Gasteiger partial charge in [-0.25, -0.2) is 0 Å². The van der Waals surface area contributed by atoms with Crippen LogP contribution in [0, 0.1) is 0 Å². The van der Waals surface area contributed by atoms with E-state index in [9.17, 15) is 4.79 Å². The van der Waals surface area contributed by atoms with E-state index >= 15 is 0 Å². The van der Waals surface area contributed by atoms with Gasteiger partial charge in [-0.2, -0.15) is 0 Å². The van der Waals surface area contributed by atoms with E-state index in [0.29, 0.717) is 12.1 Å². The van der Waals surface area contributed by atoms with Gasteiger partial charge in [-0.3, -0.25) is 4.79 Å². The molecule has 2 N–H and O–H groups in total. The molecule has 0 atom stereocenters. The topological polar surface area (TPSA) is 49.3 Å². The van der Waals surface area contributed by atoms with Crippen LogP contribution >= 0.6 is 0 Å². The second kappa shape index (κ2) is 7.01. The molecule has 1 rings (SSSR count). The summed E-state index contributed by atoms with van der Waals surface area (Å²) in [6.45, 7) is 2.44. The fourth-order valence-electron chi connectivity index (χ4n) is 1.48. The van der Waals surface area contributed by atoms with Crippen molar-refractivity contribution < 1.29 is 9.90 Å². The average Bonchev–Trinajstić information content (AvgIpc) is 2.34. The third-order valence-corrected chi connectivity index (χ3v) is 2.43. The van der Waals surface area contributed by atoms with Gasteiger partial charge in [0, 0.05) is 12.1 Å².